The average molecular weight is 306 g/mol. The molecular formula is C20H34O2. The molecule has 1 fully saturated rings. The molecule has 2 aliphatic rings. The van der Waals surface area contributed by atoms with E-state index in [1.165, 1.54) is 12.0 Å². The number of fused-ring (bicyclic) bond motifs is 1. The van der Waals surface area contributed by atoms with E-state index in [1.807, 2.05) is 13.8 Å². The molecule has 1 saturated carbocycles. The Morgan fingerprint density at radius 3 is 2.45 bits per heavy atom. The van der Waals surface area contributed by atoms with Gasteiger partial charge in [0.15, 0.2) is 0 Å². The van der Waals surface area contributed by atoms with Crippen LogP contribution in [0.5, 0.6) is 0 Å². The van der Waals surface area contributed by atoms with Gasteiger partial charge in [0.1, 0.15) is 0 Å². The summed E-state index contributed by atoms with van der Waals surface area (Å²) in [4.78, 5) is 0. The van der Waals surface area contributed by atoms with Crippen molar-refractivity contribution in [3.8, 4) is 0 Å². The number of hydrogen-bond donors (Lipinski definition) is 2. The van der Waals surface area contributed by atoms with Gasteiger partial charge < -0.3 is 10.2 Å². The Hall–Kier alpha value is -0.600. The summed E-state index contributed by atoms with van der Waals surface area (Å²) < 4.78 is 0. The molecule has 5 atom stereocenters. The van der Waals surface area contributed by atoms with Crippen LogP contribution in [0, 0.1) is 23.7 Å². The number of rotatable bonds is 1. The first-order valence-corrected chi connectivity index (χ1v) is 8.95. The third-order valence-electron chi connectivity index (χ3n) is 6.09. The molecular weight excluding hydrogens is 272 g/mol. The van der Waals surface area contributed by atoms with Crippen molar-refractivity contribution >= 4 is 0 Å². The zero-order valence-electron chi connectivity index (χ0n) is 14.8. The van der Waals surface area contributed by atoms with Crippen molar-refractivity contribution in [2.75, 3.05) is 0 Å². The van der Waals surface area contributed by atoms with Gasteiger partial charge in [-0.25, -0.2) is 0 Å². The van der Waals surface area contributed by atoms with Crippen LogP contribution in [0.4, 0.5) is 0 Å². The first-order valence-electron chi connectivity index (χ1n) is 8.95. The van der Waals surface area contributed by atoms with Gasteiger partial charge in [-0.15, -0.1) is 0 Å². The Labute approximate surface area is 136 Å². The van der Waals surface area contributed by atoms with Crippen LogP contribution in [-0.4, -0.2) is 21.9 Å². The maximum absolute atomic E-state index is 10.6. The van der Waals surface area contributed by atoms with E-state index in [4.69, 9.17) is 0 Å². The zero-order valence-corrected chi connectivity index (χ0v) is 14.8. The highest BCUT2D eigenvalue weighted by Gasteiger charge is 2.42. The second-order valence-electron chi connectivity index (χ2n) is 8.32. The fraction of sp³-hybridized carbons (Fsp3) is 0.800. The van der Waals surface area contributed by atoms with Gasteiger partial charge in [0.2, 0.25) is 0 Å². The summed E-state index contributed by atoms with van der Waals surface area (Å²) in [5, 5.41) is 20.8. The smallest absolute Gasteiger partial charge is 0.0750 e. The molecule has 0 aromatic carbocycles. The maximum atomic E-state index is 10.6. The molecule has 0 spiro atoms. The van der Waals surface area contributed by atoms with Gasteiger partial charge in [0.05, 0.1) is 11.7 Å². The molecule has 2 N–H and O–H groups in total. The number of hydrogen-bond acceptors (Lipinski definition) is 2. The molecule has 2 heteroatoms. The van der Waals surface area contributed by atoms with E-state index in [2.05, 4.69) is 26.5 Å². The lowest BCUT2D eigenvalue weighted by Gasteiger charge is -2.46. The first-order chi connectivity index (χ1) is 10.2. The number of aliphatic hydroxyl groups is 2. The predicted molar refractivity (Wildman–Crippen MR) is 92.5 cm³/mol. The fourth-order valence-corrected chi connectivity index (χ4v) is 4.57. The van der Waals surface area contributed by atoms with Gasteiger partial charge in [-0.3, -0.25) is 0 Å². The van der Waals surface area contributed by atoms with E-state index in [9.17, 15) is 10.2 Å². The molecule has 2 nitrogen and oxygen atoms in total. The maximum Gasteiger partial charge on any atom is 0.0750 e. The molecule has 22 heavy (non-hydrogen) atoms. The average Bonchev–Trinajstić information content (AvgIpc) is 2.41. The molecule has 0 amide bonds. The summed E-state index contributed by atoms with van der Waals surface area (Å²) in [5.41, 5.74) is 1.72. The second kappa shape index (κ2) is 6.88. The topological polar surface area (TPSA) is 40.5 Å². The highest BCUT2D eigenvalue weighted by atomic mass is 16.3. The monoisotopic (exact) mass is 306 g/mol. The predicted octanol–water partition coefficient (Wildman–Crippen LogP) is 4.47. The van der Waals surface area contributed by atoms with Crippen LogP contribution < -0.4 is 0 Å². The zero-order chi connectivity index (χ0) is 16.5. The van der Waals surface area contributed by atoms with Gasteiger partial charge in [-0.2, -0.15) is 0 Å². The van der Waals surface area contributed by atoms with E-state index in [-0.39, 0.29) is 6.10 Å². The summed E-state index contributed by atoms with van der Waals surface area (Å²) in [6.45, 7) is 12.6. The third kappa shape index (κ3) is 4.02. The van der Waals surface area contributed by atoms with Crippen LogP contribution in [0.3, 0.4) is 0 Å². The molecule has 0 saturated heterocycles. The standard InChI is InChI=1S/C20H34O2/c1-13-6-11-19(21)15(3)7-9-16-14(2)8-10-18(17(16)12-13)20(4,5)22/h12,14,16-19,21-22H,3,6-11H2,1-2,4-5H3/b13-12+/t14-,16+,17+,18-,19+/m0/s1. The minimum Gasteiger partial charge on any atom is -0.390 e. The molecule has 0 aromatic rings. The molecule has 2 aliphatic carbocycles. The van der Waals surface area contributed by atoms with Crippen LogP contribution in [0.1, 0.15) is 66.2 Å². The van der Waals surface area contributed by atoms with Crippen molar-refractivity contribution in [3.63, 3.8) is 0 Å². The highest BCUT2D eigenvalue weighted by molar-refractivity contribution is 5.12. The lowest BCUT2D eigenvalue weighted by atomic mass is 9.60. The minimum atomic E-state index is -0.625. The van der Waals surface area contributed by atoms with E-state index in [0.717, 1.165) is 37.7 Å². The van der Waals surface area contributed by atoms with Gasteiger partial charge in [-0.05, 0) is 82.1 Å². The van der Waals surface area contributed by atoms with E-state index in [0.29, 0.717) is 23.7 Å². The normalized spacial score (nSPS) is 40.5. The van der Waals surface area contributed by atoms with E-state index < -0.39 is 5.60 Å². The SMILES string of the molecule is C=C1CC[C@H]2[C@@H](/C=C(\C)CC[C@H]1O)[C@@H](C(C)(C)O)CC[C@@H]2C. The summed E-state index contributed by atoms with van der Waals surface area (Å²) in [6.07, 6.45) is 8.07. The van der Waals surface area contributed by atoms with E-state index >= 15 is 0 Å². The van der Waals surface area contributed by atoms with Gasteiger partial charge in [0, 0.05) is 0 Å². The molecule has 0 unspecified atom stereocenters. The Bertz CT molecular complexity index is 429. The van der Waals surface area contributed by atoms with Gasteiger partial charge >= 0.3 is 0 Å². The van der Waals surface area contributed by atoms with Crippen molar-refractivity contribution in [1.29, 1.82) is 0 Å². The summed E-state index contributed by atoms with van der Waals surface area (Å²) in [7, 11) is 0. The third-order valence-corrected chi connectivity index (χ3v) is 6.09. The molecule has 0 bridgehead atoms. The molecule has 2 rings (SSSR count). The molecule has 0 aliphatic heterocycles. The second-order valence-corrected chi connectivity index (χ2v) is 8.32. The number of allylic oxidation sites excluding steroid dienone is 2. The molecule has 0 aromatic heterocycles. The highest BCUT2D eigenvalue weighted by Crippen LogP contribution is 2.47. The summed E-state index contributed by atoms with van der Waals surface area (Å²) >= 11 is 0. The molecule has 0 heterocycles. The van der Waals surface area contributed by atoms with Crippen molar-refractivity contribution in [1.82, 2.24) is 0 Å². The van der Waals surface area contributed by atoms with E-state index in [1.54, 1.807) is 0 Å². The Balaban J connectivity index is 2.33. The lowest BCUT2D eigenvalue weighted by Crippen LogP contribution is -2.44. The van der Waals surface area contributed by atoms with Crippen LogP contribution in [0.2, 0.25) is 0 Å². The minimum absolute atomic E-state index is 0.335. The molecule has 126 valence electrons. The van der Waals surface area contributed by atoms with Crippen LogP contribution >= 0.6 is 0 Å². The van der Waals surface area contributed by atoms with Crippen molar-refractivity contribution in [3.05, 3.63) is 23.8 Å². The number of aliphatic hydroxyl groups excluding tert-OH is 1. The lowest BCUT2D eigenvalue weighted by molar-refractivity contribution is -0.0449. The quantitative estimate of drug-likeness (QED) is 0.702. The van der Waals surface area contributed by atoms with Crippen LogP contribution in [0.15, 0.2) is 23.8 Å². The summed E-state index contributed by atoms with van der Waals surface area (Å²) in [5.74, 6) is 2.05. The van der Waals surface area contributed by atoms with Gasteiger partial charge in [-0.1, -0.05) is 31.6 Å². The van der Waals surface area contributed by atoms with Gasteiger partial charge in [0.25, 0.3) is 0 Å². The fourth-order valence-electron chi connectivity index (χ4n) is 4.57. The largest absolute Gasteiger partial charge is 0.390 e. The van der Waals surface area contributed by atoms with Crippen LogP contribution in [-0.2, 0) is 0 Å². The van der Waals surface area contributed by atoms with Crippen molar-refractivity contribution in [2.24, 2.45) is 23.7 Å². The Morgan fingerprint density at radius 2 is 1.82 bits per heavy atom. The summed E-state index contributed by atoms with van der Waals surface area (Å²) in [6, 6.07) is 0. The molecule has 0 radical (unpaired) electrons. The first kappa shape index (κ1) is 17.7. The van der Waals surface area contributed by atoms with Crippen LogP contribution in [0.25, 0.3) is 0 Å². The van der Waals surface area contributed by atoms with Crippen molar-refractivity contribution < 1.29 is 10.2 Å². The Morgan fingerprint density at radius 1 is 1.14 bits per heavy atom. The Kier molecular flexibility index (Phi) is 5.55. The van der Waals surface area contributed by atoms with Crippen molar-refractivity contribution in [2.45, 2.75) is 77.9 Å².